The zero-order valence-corrected chi connectivity index (χ0v) is 15.5. The Balaban J connectivity index is 1.93. The first-order valence-electron chi connectivity index (χ1n) is 9.50. The van der Waals surface area contributed by atoms with Gasteiger partial charge in [0.15, 0.2) is 0 Å². The largest absolute Gasteiger partial charge is 0.369 e. The fourth-order valence-electron chi connectivity index (χ4n) is 4.39. The van der Waals surface area contributed by atoms with Crippen LogP contribution in [0.1, 0.15) is 43.4 Å². The molecule has 0 amide bonds. The molecule has 1 saturated heterocycles. The van der Waals surface area contributed by atoms with Crippen molar-refractivity contribution in [1.29, 1.82) is 0 Å². The highest BCUT2D eigenvalue weighted by molar-refractivity contribution is 5.90. The van der Waals surface area contributed by atoms with Crippen LogP contribution in [0.5, 0.6) is 0 Å². The second-order valence-electron chi connectivity index (χ2n) is 7.90. The summed E-state index contributed by atoms with van der Waals surface area (Å²) in [6, 6.07) is 3.46. The fourth-order valence-corrected chi connectivity index (χ4v) is 4.39. The van der Waals surface area contributed by atoms with Gasteiger partial charge in [-0.05, 0) is 56.2 Å². The van der Waals surface area contributed by atoms with E-state index in [1.54, 1.807) is 12.1 Å². The summed E-state index contributed by atoms with van der Waals surface area (Å²) >= 11 is 0. The number of anilines is 1. The van der Waals surface area contributed by atoms with Crippen molar-refractivity contribution in [3.8, 4) is 0 Å². The predicted molar refractivity (Wildman–Crippen MR) is 103 cm³/mol. The van der Waals surface area contributed by atoms with Crippen LogP contribution in [0.2, 0.25) is 0 Å². The van der Waals surface area contributed by atoms with Crippen molar-refractivity contribution < 1.29 is 4.39 Å². The molecule has 26 heavy (non-hydrogen) atoms. The van der Waals surface area contributed by atoms with Gasteiger partial charge in [0.2, 0.25) is 0 Å². The van der Waals surface area contributed by atoms with Gasteiger partial charge < -0.3 is 20.9 Å². The number of hydrogen-bond acceptors (Lipinski definition) is 4. The Bertz CT molecular complexity index is 916. The lowest BCUT2D eigenvalue weighted by Crippen LogP contribution is -2.30. The van der Waals surface area contributed by atoms with E-state index in [1.165, 1.54) is 0 Å². The molecule has 2 heterocycles. The first-order valence-corrected chi connectivity index (χ1v) is 9.50. The van der Waals surface area contributed by atoms with Gasteiger partial charge in [0.1, 0.15) is 5.82 Å². The number of nitrogens with two attached hydrogens (primary N) is 2. The Labute approximate surface area is 152 Å². The van der Waals surface area contributed by atoms with Crippen LogP contribution in [-0.2, 0) is 6.54 Å². The van der Waals surface area contributed by atoms with E-state index in [4.69, 9.17) is 11.5 Å². The summed E-state index contributed by atoms with van der Waals surface area (Å²) in [6.07, 6.45) is 2.96. The molecule has 5 nitrogen and oxygen atoms in total. The van der Waals surface area contributed by atoms with Crippen LogP contribution in [-0.4, -0.2) is 23.7 Å². The Hall–Kier alpha value is -1.92. The monoisotopic (exact) mass is 358 g/mol. The zero-order chi connectivity index (χ0) is 18.6. The highest BCUT2D eigenvalue weighted by atomic mass is 19.1. The minimum absolute atomic E-state index is 0.0315. The molecule has 0 unspecified atom stereocenters. The maximum Gasteiger partial charge on any atom is 0.251 e. The predicted octanol–water partition coefficient (Wildman–Crippen LogP) is 2.42. The van der Waals surface area contributed by atoms with E-state index in [9.17, 15) is 4.79 Å². The third kappa shape index (κ3) is 2.72. The maximum atomic E-state index is 15.1. The molecule has 4 N–H and O–H groups in total. The fraction of sp³-hybridized carbons (Fsp3) is 0.550. The molecule has 2 aliphatic rings. The van der Waals surface area contributed by atoms with Crippen LogP contribution >= 0.6 is 0 Å². The maximum absolute atomic E-state index is 15.1. The molecule has 2 fully saturated rings. The number of aryl methyl sites for hydroxylation is 1. The summed E-state index contributed by atoms with van der Waals surface area (Å²) in [5.74, 6) is 0.126. The minimum Gasteiger partial charge on any atom is -0.369 e. The number of pyridine rings is 1. The van der Waals surface area contributed by atoms with Crippen LogP contribution < -0.4 is 21.9 Å². The van der Waals surface area contributed by atoms with Gasteiger partial charge in [-0.25, -0.2) is 4.39 Å². The van der Waals surface area contributed by atoms with E-state index in [2.05, 4.69) is 4.90 Å². The quantitative estimate of drug-likeness (QED) is 0.880. The molecule has 0 radical (unpaired) electrons. The van der Waals surface area contributed by atoms with E-state index >= 15 is 4.39 Å². The second kappa shape index (κ2) is 6.35. The average Bonchev–Trinajstić information content (AvgIpc) is 3.31. The molecule has 1 aliphatic heterocycles. The summed E-state index contributed by atoms with van der Waals surface area (Å²) in [7, 11) is 0. The van der Waals surface area contributed by atoms with Crippen LogP contribution in [0.4, 0.5) is 10.1 Å². The van der Waals surface area contributed by atoms with Crippen molar-refractivity contribution >= 4 is 16.6 Å². The van der Waals surface area contributed by atoms with Crippen LogP contribution in [0.15, 0.2) is 16.9 Å². The van der Waals surface area contributed by atoms with Gasteiger partial charge in [0.25, 0.3) is 5.56 Å². The molecule has 2 atom stereocenters. The Morgan fingerprint density at radius 2 is 2.04 bits per heavy atom. The molecule has 140 valence electrons. The lowest BCUT2D eigenvalue weighted by Gasteiger charge is -2.25. The summed E-state index contributed by atoms with van der Waals surface area (Å²) in [6.45, 7) is 5.71. The van der Waals surface area contributed by atoms with Gasteiger partial charge in [-0.3, -0.25) is 4.79 Å². The van der Waals surface area contributed by atoms with Crippen molar-refractivity contribution in [3.63, 3.8) is 0 Å². The SMILES string of the molecule is Cc1c(N2CC[C@@H]([C@H](C)N)C2)c(F)cc2c(CN)cc(=O)n(C3CC3)c12. The first-order chi connectivity index (χ1) is 12.4. The molecule has 0 bridgehead atoms. The number of aromatic nitrogens is 1. The lowest BCUT2D eigenvalue weighted by molar-refractivity contribution is 0.487. The number of benzene rings is 1. The molecule has 4 rings (SSSR count). The standard InChI is InChI=1S/C20H27FN4O/c1-11-19-16(14(9-22)7-18(26)25(19)15-3-4-15)8-17(21)20(11)24-6-5-13(10-24)12(2)23/h7-8,12-13,15H,3-6,9-10,22-23H2,1-2H3/t12-,13+/m0/s1. The van der Waals surface area contributed by atoms with Gasteiger partial charge in [-0.1, -0.05) is 0 Å². The number of nitrogens with zero attached hydrogens (tertiary/aromatic N) is 2. The summed E-state index contributed by atoms with van der Waals surface area (Å²) < 4.78 is 17.0. The molecule has 1 aromatic heterocycles. The molecule has 6 heteroatoms. The van der Waals surface area contributed by atoms with Gasteiger partial charge in [0.05, 0.1) is 11.2 Å². The van der Waals surface area contributed by atoms with Crippen molar-refractivity contribution in [2.24, 2.45) is 17.4 Å². The molecule has 1 aromatic carbocycles. The molecule has 1 aliphatic carbocycles. The number of fused-ring (bicyclic) bond motifs is 1. The van der Waals surface area contributed by atoms with Crippen molar-refractivity contribution in [3.05, 3.63) is 39.4 Å². The zero-order valence-electron chi connectivity index (χ0n) is 15.5. The molecule has 1 saturated carbocycles. The highest BCUT2D eigenvalue weighted by Crippen LogP contribution is 2.40. The third-order valence-electron chi connectivity index (χ3n) is 6.00. The van der Waals surface area contributed by atoms with E-state index in [0.29, 0.717) is 17.2 Å². The Kier molecular flexibility index (Phi) is 4.28. The molecule has 2 aromatic rings. The van der Waals surface area contributed by atoms with Gasteiger partial charge >= 0.3 is 0 Å². The lowest BCUT2D eigenvalue weighted by atomic mass is 10.0. The minimum atomic E-state index is -0.240. The summed E-state index contributed by atoms with van der Waals surface area (Å²) in [4.78, 5) is 14.8. The topological polar surface area (TPSA) is 77.3 Å². The first kappa shape index (κ1) is 17.5. The van der Waals surface area contributed by atoms with Crippen LogP contribution in [0.3, 0.4) is 0 Å². The third-order valence-corrected chi connectivity index (χ3v) is 6.00. The van der Waals surface area contributed by atoms with E-state index < -0.39 is 0 Å². The summed E-state index contributed by atoms with van der Waals surface area (Å²) in [5, 5.41) is 0.765. The van der Waals surface area contributed by atoms with Crippen LogP contribution in [0.25, 0.3) is 10.9 Å². The normalized spacial score (nSPS) is 21.6. The van der Waals surface area contributed by atoms with Crippen molar-refractivity contribution in [2.75, 3.05) is 18.0 Å². The van der Waals surface area contributed by atoms with E-state index in [-0.39, 0.29) is 30.0 Å². The average molecular weight is 358 g/mol. The Morgan fingerprint density at radius 1 is 1.31 bits per heavy atom. The van der Waals surface area contributed by atoms with E-state index in [0.717, 1.165) is 48.8 Å². The van der Waals surface area contributed by atoms with Crippen molar-refractivity contribution in [1.82, 2.24) is 4.57 Å². The summed E-state index contributed by atoms with van der Waals surface area (Å²) in [5.41, 5.74) is 14.9. The number of halogens is 1. The smallest absolute Gasteiger partial charge is 0.251 e. The van der Waals surface area contributed by atoms with Crippen molar-refractivity contribution in [2.45, 2.75) is 51.7 Å². The number of hydrogen-bond donors (Lipinski definition) is 2. The van der Waals surface area contributed by atoms with Gasteiger partial charge in [-0.15, -0.1) is 0 Å². The molecular formula is C20H27FN4O. The highest BCUT2D eigenvalue weighted by Gasteiger charge is 2.31. The second-order valence-corrected chi connectivity index (χ2v) is 7.90. The van der Waals surface area contributed by atoms with Gasteiger partial charge in [0, 0.05) is 43.2 Å². The number of rotatable bonds is 4. The van der Waals surface area contributed by atoms with Crippen LogP contribution in [0, 0.1) is 18.7 Å². The van der Waals surface area contributed by atoms with E-state index in [1.807, 2.05) is 18.4 Å². The molecule has 0 spiro atoms. The molecular weight excluding hydrogens is 331 g/mol. The van der Waals surface area contributed by atoms with Gasteiger partial charge in [-0.2, -0.15) is 0 Å². The Morgan fingerprint density at radius 3 is 2.62 bits per heavy atom.